The van der Waals surface area contributed by atoms with Crippen molar-refractivity contribution in [2.24, 2.45) is 0 Å². The van der Waals surface area contributed by atoms with Crippen LogP contribution in [0.5, 0.6) is 5.75 Å². The summed E-state index contributed by atoms with van der Waals surface area (Å²) in [5.74, 6) is 0.838. The van der Waals surface area contributed by atoms with Crippen LogP contribution in [0.2, 0.25) is 0 Å². The molecule has 2 heterocycles. The van der Waals surface area contributed by atoms with Crippen molar-refractivity contribution in [3.05, 3.63) is 64.3 Å². The molecule has 0 saturated heterocycles. The van der Waals surface area contributed by atoms with Crippen LogP contribution in [-0.4, -0.2) is 24.8 Å². The van der Waals surface area contributed by atoms with Gasteiger partial charge in [-0.05, 0) is 30.3 Å². The molecule has 0 spiro atoms. The fraction of sp³-hybridized carbons (Fsp3) is 0.176. The maximum atomic E-state index is 12.0. The molecule has 6 heteroatoms. The molecule has 0 aliphatic heterocycles. The number of carbonyl (C=O) groups is 1. The van der Waals surface area contributed by atoms with Crippen LogP contribution in [0.15, 0.2) is 51.8 Å². The molecule has 0 atom stereocenters. The summed E-state index contributed by atoms with van der Waals surface area (Å²) in [5.41, 5.74) is 0.680. The molecule has 1 aromatic carbocycles. The third kappa shape index (κ3) is 2.83. The molecule has 2 aromatic heterocycles. The minimum Gasteiger partial charge on any atom is -0.497 e. The van der Waals surface area contributed by atoms with Gasteiger partial charge in [0.2, 0.25) is 5.76 Å². The fourth-order valence-electron chi connectivity index (χ4n) is 2.40. The van der Waals surface area contributed by atoms with Crippen LogP contribution in [0.3, 0.4) is 0 Å². The van der Waals surface area contributed by atoms with E-state index in [0.717, 1.165) is 5.52 Å². The fourth-order valence-corrected chi connectivity index (χ4v) is 2.40. The van der Waals surface area contributed by atoms with Gasteiger partial charge in [0.05, 0.1) is 26.3 Å². The van der Waals surface area contributed by atoms with Gasteiger partial charge in [0.15, 0.2) is 5.43 Å². The molecule has 6 nitrogen and oxygen atoms in total. The van der Waals surface area contributed by atoms with Crippen molar-refractivity contribution in [1.29, 1.82) is 0 Å². The first-order valence-electron chi connectivity index (χ1n) is 6.96. The Morgan fingerprint density at radius 1 is 1.17 bits per heavy atom. The summed E-state index contributed by atoms with van der Waals surface area (Å²) in [5, 5.41) is 0.562. The average molecular weight is 313 g/mol. The van der Waals surface area contributed by atoms with Crippen molar-refractivity contribution >= 4 is 16.9 Å². The van der Waals surface area contributed by atoms with Crippen molar-refractivity contribution < 1.29 is 18.7 Å². The second-order valence-electron chi connectivity index (χ2n) is 4.95. The first-order chi connectivity index (χ1) is 11.1. The summed E-state index contributed by atoms with van der Waals surface area (Å²) in [6, 6.07) is 10.1. The van der Waals surface area contributed by atoms with Crippen LogP contribution >= 0.6 is 0 Å². The minimum absolute atomic E-state index is 0.0788. The van der Waals surface area contributed by atoms with E-state index in [9.17, 15) is 9.59 Å². The topological polar surface area (TPSA) is 70.7 Å². The van der Waals surface area contributed by atoms with E-state index < -0.39 is 5.97 Å². The molecular weight excluding hydrogens is 298 g/mol. The van der Waals surface area contributed by atoms with Gasteiger partial charge in [-0.15, -0.1) is 0 Å². The number of fused-ring (bicyclic) bond motifs is 1. The molecule has 3 aromatic rings. The van der Waals surface area contributed by atoms with Crippen molar-refractivity contribution in [3.63, 3.8) is 0 Å². The molecule has 23 heavy (non-hydrogen) atoms. The zero-order chi connectivity index (χ0) is 16.4. The van der Waals surface area contributed by atoms with E-state index in [4.69, 9.17) is 9.15 Å². The molecule has 0 aliphatic carbocycles. The van der Waals surface area contributed by atoms with Crippen LogP contribution in [0, 0.1) is 0 Å². The van der Waals surface area contributed by atoms with Gasteiger partial charge in [-0.2, -0.15) is 0 Å². The van der Waals surface area contributed by atoms with E-state index in [1.807, 2.05) is 10.6 Å². The number of nitrogens with zero attached hydrogens (tertiary/aromatic N) is 1. The quantitative estimate of drug-likeness (QED) is 0.692. The van der Waals surface area contributed by atoms with E-state index in [1.165, 1.54) is 13.2 Å². The normalized spacial score (nSPS) is 10.7. The number of ether oxygens (including phenoxy) is 2. The van der Waals surface area contributed by atoms with E-state index in [0.29, 0.717) is 23.4 Å². The second-order valence-corrected chi connectivity index (χ2v) is 4.95. The molecule has 0 aliphatic rings. The predicted octanol–water partition coefficient (Wildman–Crippen LogP) is 2.44. The number of aromatic nitrogens is 1. The Morgan fingerprint density at radius 3 is 2.74 bits per heavy atom. The maximum Gasteiger partial charge on any atom is 0.373 e. The van der Waals surface area contributed by atoms with E-state index in [2.05, 4.69) is 4.74 Å². The molecule has 0 amide bonds. The molecule has 0 fully saturated rings. The number of hydrogen-bond donors (Lipinski definition) is 0. The molecular formula is C17H15NO5. The number of pyridine rings is 1. The Bertz CT molecular complexity index is 922. The molecule has 0 radical (unpaired) electrons. The largest absolute Gasteiger partial charge is 0.497 e. The summed E-state index contributed by atoms with van der Waals surface area (Å²) in [6.45, 7) is 0.389. The van der Waals surface area contributed by atoms with Crippen LogP contribution < -0.4 is 10.2 Å². The number of benzene rings is 1. The Morgan fingerprint density at radius 2 is 2.00 bits per heavy atom. The van der Waals surface area contributed by atoms with Crippen molar-refractivity contribution in [2.45, 2.75) is 6.54 Å². The molecule has 0 saturated carbocycles. The van der Waals surface area contributed by atoms with Gasteiger partial charge in [0.25, 0.3) is 0 Å². The number of hydrogen-bond acceptors (Lipinski definition) is 5. The van der Waals surface area contributed by atoms with Crippen LogP contribution in [0.25, 0.3) is 10.9 Å². The summed E-state index contributed by atoms with van der Waals surface area (Å²) in [4.78, 5) is 23.5. The third-order valence-corrected chi connectivity index (χ3v) is 3.56. The zero-order valence-electron chi connectivity index (χ0n) is 12.7. The number of rotatable bonds is 4. The standard InChI is InChI=1S/C17H15NO5/c1-21-11-3-5-14-13(9-11)15(19)7-8-18(14)10-12-4-6-16(23-12)17(20)22-2/h3-9H,10H2,1-2H3. The molecule has 0 N–H and O–H groups in total. The third-order valence-electron chi connectivity index (χ3n) is 3.56. The van der Waals surface area contributed by atoms with E-state index in [1.54, 1.807) is 37.6 Å². The Balaban J connectivity index is 2.00. The first-order valence-corrected chi connectivity index (χ1v) is 6.96. The van der Waals surface area contributed by atoms with Gasteiger partial charge >= 0.3 is 5.97 Å². The molecule has 118 valence electrons. The summed E-state index contributed by atoms with van der Waals surface area (Å²) < 4.78 is 17.1. The highest BCUT2D eigenvalue weighted by Crippen LogP contribution is 2.19. The van der Waals surface area contributed by atoms with Crippen LogP contribution in [0.1, 0.15) is 16.3 Å². The van der Waals surface area contributed by atoms with Crippen molar-refractivity contribution in [3.8, 4) is 5.75 Å². The summed E-state index contributed by atoms with van der Waals surface area (Å²) >= 11 is 0. The Kier molecular flexibility index (Phi) is 3.89. The first kappa shape index (κ1) is 14.9. The van der Waals surface area contributed by atoms with Gasteiger partial charge in [-0.25, -0.2) is 4.79 Å². The van der Waals surface area contributed by atoms with Gasteiger partial charge in [-0.3, -0.25) is 4.79 Å². The Hall–Kier alpha value is -3.02. The van der Waals surface area contributed by atoms with E-state index >= 15 is 0 Å². The average Bonchev–Trinajstić information content (AvgIpc) is 3.05. The van der Waals surface area contributed by atoms with Crippen LogP contribution in [0.4, 0.5) is 0 Å². The highest BCUT2D eigenvalue weighted by molar-refractivity contribution is 5.86. The van der Waals surface area contributed by atoms with Crippen molar-refractivity contribution in [1.82, 2.24) is 4.57 Å². The highest BCUT2D eigenvalue weighted by atomic mass is 16.5. The van der Waals surface area contributed by atoms with Gasteiger partial charge < -0.3 is 18.5 Å². The lowest BCUT2D eigenvalue weighted by molar-refractivity contribution is 0.0563. The number of esters is 1. The number of methoxy groups -OCH3 is 2. The minimum atomic E-state index is -0.522. The maximum absolute atomic E-state index is 12.0. The lowest BCUT2D eigenvalue weighted by atomic mass is 10.2. The lowest BCUT2D eigenvalue weighted by Gasteiger charge is -2.10. The van der Waals surface area contributed by atoms with Crippen LogP contribution in [-0.2, 0) is 11.3 Å². The van der Waals surface area contributed by atoms with E-state index in [-0.39, 0.29) is 11.2 Å². The Labute approximate surface area is 131 Å². The summed E-state index contributed by atoms with van der Waals surface area (Å²) in [6.07, 6.45) is 1.69. The lowest BCUT2D eigenvalue weighted by Crippen LogP contribution is -2.08. The monoisotopic (exact) mass is 313 g/mol. The van der Waals surface area contributed by atoms with Crippen molar-refractivity contribution in [2.75, 3.05) is 14.2 Å². The number of carbonyl (C=O) groups excluding carboxylic acids is 1. The smallest absolute Gasteiger partial charge is 0.373 e. The highest BCUT2D eigenvalue weighted by Gasteiger charge is 2.12. The SMILES string of the molecule is COC(=O)c1ccc(Cn2ccc(=O)c3cc(OC)ccc32)o1. The van der Waals surface area contributed by atoms with Gasteiger partial charge in [0.1, 0.15) is 11.5 Å². The van der Waals surface area contributed by atoms with Gasteiger partial charge in [0, 0.05) is 17.6 Å². The molecule has 0 bridgehead atoms. The molecule has 0 unspecified atom stereocenters. The number of furan rings is 1. The summed E-state index contributed by atoms with van der Waals surface area (Å²) in [7, 11) is 2.85. The zero-order valence-corrected chi connectivity index (χ0v) is 12.7. The second kappa shape index (κ2) is 6.00. The molecule has 3 rings (SSSR count). The predicted molar refractivity (Wildman–Crippen MR) is 83.9 cm³/mol. The van der Waals surface area contributed by atoms with Gasteiger partial charge in [-0.1, -0.05) is 0 Å².